The van der Waals surface area contributed by atoms with Crippen molar-refractivity contribution in [1.29, 1.82) is 0 Å². The maximum atomic E-state index is 13.8. The minimum atomic E-state index is 0.115. The van der Waals surface area contributed by atoms with Gasteiger partial charge < -0.3 is 10.2 Å². The molecule has 2 bridgehead atoms. The van der Waals surface area contributed by atoms with E-state index in [0.717, 1.165) is 18.4 Å². The van der Waals surface area contributed by atoms with Crippen LogP contribution in [0.5, 0.6) is 0 Å². The molecule has 0 radical (unpaired) electrons. The molecular weight excluding hydrogens is 346 g/mol. The van der Waals surface area contributed by atoms with Crippen LogP contribution in [-0.4, -0.2) is 40.0 Å². The second-order valence-corrected chi connectivity index (χ2v) is 9.12. The minimum Gasteiger partial charge on any atom is -0.329 e. The lowest BCUT2D eigenvalue weighted by atomic mass is 9.64. The molecule has 3 aliphatic rings. The van der Waals surface area contributed by atoms with Crippen LogP contribution in [0.15, 0.2) is 48.7 Å². The molecule has 5 rings (SSSR count). The molecule has 4 nitrogen and oxygen atoms in total. The van der Waals surface area contributed by atoms with E-state index in [1.807, 2.05) is 19.1 Å². The quantitative estimate of drug-likeness (QED) is 0.889. The number of carbonyl (C=O) groups is 1. The van der Waals surface area contributed by atoms with Gasteiger partial charge in [0, 0.05) is 29.7 Å². The molecule has 1 saturated carbocycles. The van der Waals surface area contributed by atoms with E-state index in [1.54, 1.807) is 6.20 Å². The minimum absolute atomic E-state index is 0.115. The highest BCUT2D eigenvalue weighted by molar-refractivity contribution is 5.94. The monoisotopic (exact) mass is 375 g/mol. The van der Waals surface area contributed by atoms with Crippen molar-refractivity contribution >= 4 is 5.91 Å². The van der Waals surface area contributed by atoms with Crippen LogP contribution in [0.3, 0.4) is 0 Å². The smallest absolute Gasteiger partial charge is 0.273 e. The molecule has 0 spiro atoms. The van der Waals surface area contributed by atoms with Crippen LogP contribution in [0, 0.1) is 12.3 Å². The molecule has 3 fully saturated rings. The van der Waals surface area contributed by atoms with E-state index in [-0.39, 0.29) is 17.4 Å². The normalized spacial score (nSPS) is 33.7. The number of pyridine rings is 1. The molecule has 4 heteroatoms. The molecule has 1 aromatic carbocycles. The van der Waals surface area contributed by atoms with Crippen LogP contribution in [0.4, 0.5) is 0 Å². The highest BCUT2D eigenvalue weighted by atomic mass is 16.2. The summed E-state index contributed by atoms with van der Waals surface area (Å²) in [6.07, 6.45) is 7.33. The number of aryl methyl sites for hydroxylation is 1. The van der Waals surface area contributed by atoms with E-state index >= 15 is 0 Å². The third-order valence-electron chi connectivity index (χ3n) is 7.49. The second kappa shape index (κ2) is 6.70. The third-order valence-corrected chi connectivity index (χ3v) is 7.49. The van der Waals surface area contributed by atoms with E-state index in [1.165, 1.54) is 24.8 Å². The van der Waals surface area contributed by atoms with E-state index in [9.17, 15) is 4.79 Å². The Morgan fingerprint density at radius 1 is 1.21 bits per heavy atom. The lowest BCUT2D eigenvalue weighted by molar-refractivity contribution is -0.0115. The fourth-order valence-corrected chi connectivity index (χ4v) is 6.10. The lowest BCUT2D eigenvalue weighted by Gasteiger charge is -2.53. The van der Waals surface area contributed by atoms with Crippen LogP contribution >= 0.6 is 0 Å². The summed E-state index contributed by atoms with van der Waals surface area (Å²) in [5.74, 6) is 0.115. The molecule has 1 N–H and O–H groups in total. The number of fused-ring (bicyclic) bond motifs is 1. The maximum Gasteiger partial charge on any atom is 0.273 e. The Hall–Kier alpha value is -2.20. The zero-order valence-electron chi connectivity index (χ0n) is 16.8. The van der Waals surface area contributed by atoms with Crippen molar-refractivity contribution in [2.75, 3.05) is 0 Å². The first-order valence-corrected chi connectivity index (χ1v) is 10.6. The van der Waals surface area contributed by atoms with E-state index < -0.39 is 0 Å². The van der Waals surface area contributed by atoms with Gasteiger partial charge in [-0.3, -0.25) is 9.78 Å². The molecule has 1 aromatic heterocycles. The van der Waals surface area contributed by atoms with Gasteiger partial charge in [0.25, 0.3) is 5.91 Å². The van der Waals surface area contributed by atoms with Crippen molar-refractivity contribution in [2.24, 2.45) is 5.41 Å². The molecule has 2 aliphatic heterocycles. The van der Waals surface area contributed by atoms with Gasteiger partial charge in [-0.15, -0.1) is 0 Å². The lowest BCUT2D eigenvalue weighted by Crippen LogP contribution is -2.62. The first-order chi connectivity index (χ1) is 13.6. The number of hydrogen-bond donors (Lipinski definition) is 1. The van der Waals surface area contributed by atoms with E-state index in [4.69, 9.17) is 0 Å². The summed E-state index contributed by atoms with van der Waals surface area (Å²) >= 11 is 0. The van der Waals surface area contributed by atoms with Crippen LogP contribution in [0.2, 0.25) is 0 Å². The van der Waals surface area contributed by atoms with Crippen LogP contribution < -0.4 is 5.32 Å². The van der Waals surface area contributed by atoms with Crippen LogP contribution in [0.25, 0.3) is 0 Å². The van der Waals surface area contributed by atoms with Crippen LogP contribution in [-0.2, 0) is 6.42 Å². The van der Waals surface area contributed by atoms with Crippen molar-refractivity contribution in [3.05, 3.63) is 65.5 Å². The number of rotatable bonds is 3. The summed E-state index contributed by atoms with van der Waals surface area (Å²) in [7, 11) is 0. The van der Waals surface area contributed by atoms with Gasteiger partial charge in [-0.05, 0) is 56.2 Å². The Kier molecular flexibility index (Phi) is 4.27. The summed E-state index contributed by atoms with van der Waals surface area (Å²) in [5.41, 5.74) is 3.06. The van der Waals surface area contributed by atoms with Gasteiger partial charge in [-0.25, -0.2) is 0 Å². The molecule has 1 aliphatic carbocycles. The fourth-order valence-electron chi connectivity index (χ4n) is 6.10. The third kappa shape index (κ3) is 2.69. The number of carbonyl (C=O) groups excluding carboxylic acids is 1. The Bertz CT molecular complexity index is 882. The Labute approximate surface area is 167 Å². The molecule has 2 aromatic rings. The zero-order chi connectivity index (χ0) is 19.3. The number of amides is 1. The van der Waals surface area contributed by atoms with Crippen molar-refractivity contribution in [3.8, 4) is 0 Å². The topological polar surface area (TPSA) is 45.2 Å². The zero-order valence-corrected chi connectivity index (χ0v) is 16.8. The maximum absolute atomic E-state index is 13.8. The molecule has 0 unspecified atom stereocenters. The van der Waals surface area contributed by atoms with Gasteiger partial charge in [0.15, 0.2) is 0 Å². The highest BCUT2D eigenvalue weighted by Gasteiger charge is 2.60. The predicted molar refractivity (Wildman–Crippen MR) is 110 cm³/mol. The first-order valence-electron chi connectivity index (χ1n) is 10.6. The molecule has 3 heterocycles. The number of piperidine rings is 1. The summed E-state index contributed by atoms with van der Waals surface area (Å²) in [5, 5.41) is 3.93. The van der Waals surface area contributed by atoms with E-state index in [2.05, 4.69) is 52.5 Å². The second-order valence-electron chi connectivity index (χ2n) is 9.12. The largest absolute Gasteiger partial charge is 0.329 e. The predicted octanol–water partition coefficient (Wildman–Crippen LogP) is 3.75. The fraction of sp³-hybridized carbons (Fsp3) is 0.500. The van der Waals surface area contributed by atoms with Gasteiger partial charge in [-0.1, -0.05) is 43.3 Å². The van der Waals surface area contributed by atoms with Crippen LogP contribution in [0.1, 0.15) is 54.2 Å². The SMILES string of the molecule is Cc1cccnc1C(=O)N1[C@@H](Cc2ccccc2)[C@@H]2C[C@@]3(C)[C@H](CCC[C@@H]13)N2. The number of nitrogens with one attached hydrogen (secondary N) is 1. The Morgan fingerprint density at radius 3 is 2.82 bits per heavy atom. The van der Waals surface area contributed by atoms with Crippen molar-refractivity contribution in [1.82, 2.24) is 15.2 Å². The van der Waals surface area contributed by atoms with Gasteiger partial charge >= 0.3 is 0 Å². The number of nitrogens with zero attached hydrogens (tertiary/aromatic N) is 2. The summed E-state index contributed by atoms with van der Waals surface area (Å²) < 4.78 is 0. The summed E-state index contributed by atoms with van der Waals surface area (Å²) in [4.78, 5) is 20.5. The number of aromatic nitrogens is 1. The standard InChI is InChI=1S/C24H29N3O/c1-16-8-7-13-25-22(16)23(28)27-19(14-17-9-4-3-5-10-17)18-15-24(2)20(26-18)11-6-12-21(24)27/h3-5,7-10,13,18-21,26H,6,11-12,14-15H2,1-2H3/t18-,19-,20-,21+,24-/m0/s1. The molecular formula is C24H29N3O. The summed E-state index contributed by atoms with van der Waals surface area (Å²) in [6, 6.07) is 15.9. The Morgan fingerprint density at radius 2 is 2.04 bits per heavy atom. The molecule has 2 saturated heterocycles. The van der Waals surface area contributed by atoms with Gasteiger partial charge in [0.05, 0.1) is 6.04 Å². The first kappa shape index (κ1) is 17.9. The number of benzene rings is 1. The average Bonchev–Trinajstić information content (AvgIpc) is 3.05. The van der Waals surface area contributed by atoms with Crippen molar-refractivity contribution in [2.45, 2.75) is 70.1 Å². The van der Waals surface area contributed by atoms with Gasteiger partial charge in [0.1, 0.15) is 5.69 Å². The van der Waals surface area contributed by atoms with Crippen molar-refractivity contribution in [3.63, 3.8) is 0 Å². The number of likely N-dealkylation sites (tertiary alicyclic amines) is 1. The average molecular weight is 376 g/mol. The van der Waals surface area contributed by atoms with E-state index in [0.29, 0.717) is 23.8 Å². The molecule has 1 amide bonds. The molecule has 5 atom stereocenters. The van der Waals surface area contributed by atoms with Crippen molar-refractivity contribution < 1.29 is 4.79 Å². The van der Waals surface area contributed by atoms with Gasteiger partial charge in [0.2, 0.25) is 0 Å². The van der Waals surface area contributed by atoms with Gasteiger partial charge in [-0.2, -0.15) is 0 Å². The molecule has 28 heavy (non-hydrogen) atoms. The highest BCUT2D eigenvalue weighted by Crippen LogP contribution is 2.52. The Balaban J connectivity index is 1.57. The number of hydrogen-bond acceptors (Lipinski definition) is 3. The molecule has 146 valence electrons. The summed E-state index contributed by atoms with van der Waals surface area (Å²) in [6.45, 7) is 4.40.